The summed E-state index contributed by atoms with van der Waals surface area (Å²) in [4.78, 5) is 2.38. The summed E-state index contributed by atoms with van der Waals surface area (Å²) in [5.41, 5.74) is 2.50. The van der Waals surface area contributed by atoms with E-state index < -0.39 is 0 Å². The molecule has 1 aromatic carbocycles. The minimum Gasteiger partial charge on any atom is -0.384 e. The van der Waals surface area contributed by atoms with Crippen molar-refractivity contribution in [1.29, 1.82) is 0 Å². The summed E-state index contributed by atoms with van der Waals surface area (Å²) in [5, 5.41) is 3.44. The molecular formula is C14H22N2O. The fraction of sp³-hybridized carbons (Fsp3) is 0.571. The van der Waals surface area contributed by atoms with Gasteiger partial charge in [-0.05, 0) is 32.5 Å². The quantitative estimate of drug-likeness (QED) is 0.844. The van der Waals surface area contributed by atoms with Gasteiger partial charge >= 0.3 is 0 Å². The van der Waals surface area contributed by atoms with E-state index in [0.717, 1.165) is 26.3 Å². The first-order valence-corrected chi connectivity index (χ1v) is 6.34. The largest absolute Gasteiger partial charge is 0.384 e. The third kappa shape index (κ3) is 3.72. The van der Waals surface area contributed by atoms with Gasteiger partial charge in [-0.25, -0.2) is 0 Å². The van der Waals surface area contributed by atoms with Crippen LogP contribution >= 0.6 is 0 Å². The van der Waals surface area contributed by atoms with E-state index in [2.05, 4.69) is 48.5 Å². The molecule has 1 heterocycles. The molecule has 0 saturated carbocycles. The van der Waals surface area contributed by atoms with Gasteiger partial charge in [0.25, 0.3) is 0 Å². The SMILES string of the molecule is Cc1ccc(NCCN(C)C2CCOC2)cc1. The van der Waals surface area contributed by atoms with E-state index in [0.29, 0.717) is 6.04 Å². The third-order valence-electron chi connectivity index (χ3n) is 3.37. The van der Waals surface area contributed by atoms with Gasteiger partial charge in [0.2, 0.25) is 0 Å². The zero-order valence-corrected chi connectivity index (χ0v) is 10.8. The van der Waals surface area contributed by atoms with Gasteiger partial charge < -0.3 is 10.1 Å². The maximum absolute atomic E-state index is 5.39. The lowest BCUT2D eigenvalue weighted by atomic mass is 10.2. The standard InChI is InChI=1S/C14H22N2O/c1-12-3-5-13(6-4-12)15-8-9-16(2)14-7-10-17-11-14/h3-6,14-15H,7-11H2,1-2H3. The van der Waals surface area contributed by atoms with Crippen LogP contribution in [0.5, 0.6) is 0 Å². The number of nitrogens with zero attached hydrogens (tertiary/aromatic N) is 1. The van der Waals surface area contributed by atoms with Crippen molar-refractivity contribution >= 4 is 5.69 Å². The summed E-state index contributed by atoms with van der Waals surface area (Å²) in [5.74, 6) is 0. The van der Waals surface area contributed by atoms with E-state index in [1.165, 1.54) is 17.7 Å². The maximum Gasteiger partial charge on any atom is 0.0622 e. The maximum atomic E-state index is 5.39. The van der Waals surface area contributed by atoms with Gasteiger partial charge in [0.05, 0.1) is 6.61 Å². The molecule has 17 heavy (non-hydrogen) atoms. The first-order valence-electron chi connectivity index (χ1n) is 6.34. The van der Waals surface area contributed by atoms with E-state index in [-0.39, 0.29) is 0 Å². The fourth-order valence-corrected chi connectivity index (χ4v) is 2.10. The first-order chi connectivity index (χ1) is 8.25. The Balaban J connectivity index is 1.70. The Morgan fingerprint density at radius 2 is 2.12 bits per heavy atom. The highest BCUT2D eigenvalue weighted by atomic mass is 16.5. The normalized spacial score (nSPS) is 19.8. The minimum atomic E-state index is 0.606. The molecule has 0 radical (unpaired) electrons. The van der Waals surface area contributed by atoms with Gasteiger partial charge in [-0.2, -0.15) is 0 Å². The molecule has 3 heteroatoms. The number of rotatable bonds is 5. The van der Waals surface area contributed by atoms with Crippen molar-refractivity contribution in [2.24, 2.45) is 0 Å². The van der Waals surface area contributed by atoms with Crippen molar-refractivity contribution in [1.82, 2.24) is 4.90 Å². The number of aryl methyl sites for hydroxylation is 1. The van der Waals surface area contributed by atoms with Crippen LogP contribution in [0.15, 0.2) is 24.3 Å². The lowest BCUT2D eigenvalue weighted by Crippen LogP contribution is -2.35. The van der Waals surface area contributed by atoms with Gasteiger partial charge in [0, 0.05) is 31.4 Å². The van der Waals surface area contributed by atoms with Gasteiger partial charge in [-0.15, -0.1) is 0 Å². The van der Waals surface area contributed by atoms with Crippen LogP contribution in [-0.2, 0) is 4.74 Å². The van der Waals surface area contributed by atoms with E-state index >= 15 is 0 Å². The topological polar surface area (TPSA) is 24.5 Å². The fourth-order valence-electron chi connectivity index (χ4n) is 2.10. The Labute approximate surface area is 104 Å². The van der Waals surface area contributed by atoms with Crippen molar-refractivity contribution in [2.75, 3.05) is 38.7 Å². The number of ether oxygens (including phenoxy) is 1. The second-order valence-corrected chi connectivity index (χ2v) is 4.79. The van der Waals surface area contributed by atoms with E-state index in [1.54, 1.807) is 0 Å². The second kappa shape index (κ2) is 6.03. The molecule has 1 aromatic rings. The average Bonchev–Trinajstić information content (AvgIpc) is 2.85. The summed E-state index contributed by atoms with van der Waals surface area (Å²) < 4.78 is 5.39. The van der Waals surface area contributed by atoms with E-state index in [4.69, 9.17) is 4.74 Å². The molecule has 2 rings (SSSR count). The molecule has 1 atom stereocenters. The second-order valence-electron chi connectivity index (χ2n) is 4.79. The molecule has 0 amide bonds. The highest BCUT2D eigenvalue weighted by molar-refractivity contribution is 5.44. The van der Waals surface area contributed by atoms with Crippen LogP contribution in [0, 0.1) is 6.92 Å². The number of likely N-dealkylation sites (N-methyl/N-ethyl adjacent to an activating group) is 1. The van der Waals surface area contributed by atoms with Crippen molar-refractivity contribution in [3.8, 4) is 0 Å². The molecule has 1 aliphatic rings. The minimum absolute atomic E-state index is 0.606. The molecule has 1 saturated heterocycles. The smallest absolute Gasteiger partial charge is 0.0622 e. The molecule has 3 nitrogen and oxygen atoms in total. The number of anilines is 1. The third-order valence-corrected chi connectivity index (χ3v) is 3.37. The molecule has 94 valence electrons. The summed E-state index contributed by atoms with van der Waals surface area (Å²) in [7, 11) is 2.18. The van der Waals surface area contributed by atoms with Gasteiger partial charge in [-0.1, -0.05) is 17.7 Å². The zero-order valence-electron chi connectivity index (χ0n) is 10.8. The van der Waals surface area contributed by atoms with Crippen molar-refractivity contribution in [3.05, 3.63) is 29.8 Å². The Hall–Kier alpha value is -1.06. The molecular weight excluding hydrogens is 212 g/mol. The predicted molar refractivity (Wildman–Crippen MR) is 71.5 cm³/mol. The Morgan fingerprint density at radius 1 is 1.35 bits per heavy atom. The highest BCUT2D eigenvalue weighted by Gasteiger charge is 2.19. The number of nitrogens with one attached hydrogen (secondary N) is 1. The number of benzene rings is 1. The average molecular weight is 234 g/mol. The van der Waals surface area contributed by atoms with E-state index in [1.807, 2.05) is 0 Å². The molecule has 0 bridgehead atoms. The Bertz CT molecular complexity index is 331. The lowest BCUT2D eigenvalue weighted by molar-refractivity contribution is 0.161. The highest BCUT2D eigenvalue weighted by Crippen LogP contribution is 2.11. The zero-order chi connectivity index (χ0) is 12.1. The first kappa shape index (κ1) is 12.4. The predicted octanol–water partition coefficient (Wildman–Crippen LogP) is 2.13. The molecule has 1 fully saturated rings. The van der Waals surface area contributed by atoms with Crippen molar-refractivity contribution in [2.45, 2.75) is 19.4 Å². The van der Waals surface area contributed by atoms with Crippen molar-refractivity contribution in [3.63, 3.8) is 0 Å². The molecule has 0 aliphatic carbocycles. The summed E-state index contributed by atoms with van der Waals surface area (Å²) in [6.45, 7) is 5.96. The van der Waals surface area contributed by atoms with Crippen molar-refractivity contribution < 1.29 is 4.74 Å². The van der Waals surface area contributed by atoms with Crippen LogP contribution in [0.2, 0.25) is 0 Å². The van der Waals surface area contributed by atoms with Gasteiger partial charge in [0.15, 0.2) is 0 Å². The molecule has 1 N–H and O–H groups in total. The Kier molecular flexibility index (Phi) is 4.40. The summed E-state index contributed by atoms with van der Waals surface area (Å²) in [6.07, 6.45) is 1.17. The Morgan fingerprint density at radius 3 is 2.76 bits per heavy atom. The van der Waals surface area contributed by atoms with Crippen LogP contribution in [0.1, 0.15) is 12.0 Å². The van der Waals surface area contributed by atoms with Crippen LogP contribution in [0.4, 0.5) is 5.69 Å². The molecule has 1 unspecified atom stereocenters. The molecule has 0 aromatic heterocycles. The van der Waals surface area contributed by atoms with Crippen LogP contribution in [-0.4, -0.2) is 44.3 Å². The summed E-state index contributed by atoms with van der Waals surface area (Å²) >= 11 is 0. The van der Waals surface area contributed by atoms with Crippen LogP contribution in [0.3, 0.4) is 0 Å². The van der Waals surface area contributed by atoms with Gasteiger partial charge in [-0.3, -0.25) is 4.90 Å². The number of hydrogen-bond donors (Lipinski definition) is 1. The van der Waals surface area contributed by atoms with Gasteiger partial charge in [0.1, 0.15) is 0 Å². The van der Waals surface area contributed by atoms with E-state index in [9.17, 15) is 0 Å². The van der Waals surface area contributed by atoms with Crippen LogP contribution < -0.4 is 5.32 Å². The molecule has 1 aliphatic heterocycles. The molecule has 0 spiro atoms. The lowest BCUT2D eigenvalue weighted by Gasteiger charge is -2.23. The number of hydrogen-bond acceptors (Lipinski definition) is 3. The summed E-state index contributed by atoms with van der Waals surface area (Å²) in [6, 6.07) is 9.14. The monoisotopic (exact) mass is 234 g/mol. The van der Waals surface area contributed by atoms with Crippen LogP contribution in [0.25, 0.3) is 0 Å².